The molecule has 0 aliphatic heterocycles. The van der Waals surface area contributed by atoms with Crippen LogP contribution < -0.4 is 4.74 Å². The minimum atomic E-state index is -0.872. The highest BCUT2D eigenvalue weighted by Crippen LogP contribution is 2.41. The fraction of sp³-hybridized carbons (Fsp3) is 0.346. The summed E-state index contributed by atoms with van der Waals surface area (Å²) in [5, 5.41) is 50.9. The van der Waals surface area contributed by atoms with Gasteiger partial charge in [0.1, 0.15) is 34.3 Å². The number of methoxy groups -OCH3 is 1. The summed E-state index contributed by atoms with van der Waals surface area (Å²) in [5.74, 6) is -1.67. The third-order valence-electron chi connectivity index (χ3n) is 5.49. The molecule has 33 heavy (non-hydrogen) atoms. The van der Waals surface area contributed by atoms with E-state index in [-0.39, 0.29) is 46.5 Å². The van der Waals surface area contributed by atoms with Gasteiger partial charge in [0.15, 0.2) is 5.78 Å². The van der Waals surface area contributed by atoms with Crippen LogP contribution in [0.25, 0.3) is 6.08 Å². The molecule has 0 aromatic heterocycles. The molecule has 2 rings (SSSR count). The summed E-state index contributed by atoms with van der Waals surface area (Å²) in [6.07, 6.45) is 3.80. The quantitative estimate of drug-likeness (QED) is 0.199. The molecule has 0 bridgehead atoms. The number of hydrogen-bond acceptors (Lipinski definition) is 7. The minimum absolute atomic E-state index is 0.00157. The molecule has 0 radical (unpaired) electrons. The van der Waals surface area contributed by atoms with Crippen molar-refractivity contribution in [2.24, 2.45) is 5.92 Å². The fourth-order valence-electron chi connectivity index (χ4n) is 3.49. The molecule has 0 aliphatic carbocycles. The Kier molecular flexibility index (Phi) is 8.17. The van der Waals surface area contributed by atoms with Crippen molar-refractivity contribution in [3.63, 3.8) is 0 Å². The van der Waals surface area contributed by atoms with Crippen molar-refractivity contribution < 1.29 is 35.1 Å². The van der Waals surface area contributed by atoms with Gasteiger partial charge in [-0.15, -0.1) is 0 Å². The lowest BCUT2D eigenvalue weighted by Gasteiger charge is -2.24. The van der Waals surface area contributed by atoms with Crippen molar-refractivity contribution in [2.75, 3.05) is 7.11 Å². The van der Waals surface area contributed by atoms with E-state index in [1.807, 2.05) is 6.92 Å². The number of aliphatic hydroxyl groups is 1. The Hall–Kier alpha value is -3.45. The molecular weight excluding hydrogens is 424 g/mol. The van der Waals surface area contributed by atoms with Crippen LogP contribution in [-0.4, -0.2) is 44.0 Å². The highest BCUT2D eigenvalue weighted by atomic mass is 16.5. The molecule has 0 spiro atoms. The predicted octanol–water partition coefficient (Wildman–Crippen LogP) is 4.70. The molecule has 0 unspecified atom stereocenters. The van der Waals surface area contributed by atoms with Crippen LogP contribution in [0.15, 0.2) is 42.5 Å². The van der Waals surface area contributed by atoms with Crippen LogP contribution in [0.5, 0.6) is 28.7 Å². The molecule has 178 valence electrons. The Morgan fingerprint density at radius 1 is 1.15 bits per heavy atom. The third-order valence-corrected chi connectivity index (χ3v) is 5.49. The van der Waals surface area contributed by atoms with E-state index in [1.165, 1.54) is 31.4 Å². The maximum atomic E-state index is 12.9. The summed E-state index contributed by atoms with van der Waals surface area (Å²) in [7, 11) is 1.32. The first kappa shape index (κ1) is 25.8. The molecule has 0 saturated carbocycles. The van der Waals surface area contributed by atoms with Gasteiger partial charge in [-0.25, -0.2) is 0 Å². The maximum absolute atomic E-state index is 12.9. The van der Waals surface area contributed by atoms with Crippen LogP contribution in [0.2, 0.25) is 0 Å². The minimum Gasteiger partial charge on any atom is -0.508 e. The highest BCUT2D eigenvalue weighted by Gasteiger charge is 2.26. The summed E-state index contributed by atoms with van der Waals surface area (Å²) in [6.45, 7) is 9.25. The Balaban J connectivity index is 2.42. The maximum Gasteiger partial charge on any atom is 0.193 e. The number of ketones is 1. The van der Waals surface area contributed by atoms with Gasteiger partial charge in [0, 0.05) is 23.3 Å². The number of phenols is 4. The Labute approximate surface area is 193 Å². The van der Waals surface area contributed by atoms with Crippen molar-refractivity contribution in [3.8, 4) is 28.7 Å². The Morgan fingerprint density at radius 2 is 1.82 bits per heavy atom. The fourth-order valence-corrected chi connectivity index (χ4v) is 3.49. The van der Waals surface area contributed by atoms with Crippen LogP contribution in [0.3, 0.4) is 0 Å². The molecule has 0 aliphatic rings. The number of allylic oxidation sites excluding steroid dienone is 2. The van der Waals surface area contributed by atoms with Gasteiger partial charge in [-0.1, -0.05) is 12.2 Å². The van der Waals surface area contributed by atoms with Crippen molar-refractivity contribution in [3.05, 3.63) is 59.2 Å². The number of hydrogen-bond donors (Lipinski definition) is 5. The molecule has 0 heterocycles. The number of carbonyl (C=O) groups excluding carboxylic acids is 1. The lowest BCUT2D eigenvalue weighted by Crippen LogP contribution is -2.21. The second-order valence-electron chi connectivity index (χ2n) is 8.84. The van der Waals surface area contributed by atoms with Crippen molar-refractivity contribution >= 4 is 11.9 Å². The number of phenolic OH excluding ortho intramolecular Hbond substituents is 4. The van der Waals surface area contributed by atoms with Gasteiger partial charge in [-0.05, 0) is 70.2 Å². The van der Waals surface area contributed by atoms with Crippen LogP contribution in [0, 0.1) is 5.92 Å². The molecule has 1 atom stereocenters. The van der Waals surface area contributed by atoms with Gasteiger partial charge in [-0.2, -0.15) is 0 Å². The standard InChI is InChI=1S/C26H32O7/c1-15(2)17(10-11-26(3,4)32)12-19-22(30)14-23(33-5)24(25(19)31)20(28)9-7-16-6-8-18(27)13-21(16)29/h6-9,13-14,17,27,29-32H,1,10-12H2,2-5H3/b9-7+/t17-/m1/s1. The van der Waals surface area contributed by atoms with Gasteiger partial charge >= 0.3 is 0 Å². The van der Waals surface area contributed by atoms with Crippen LogP contribution in [0.4, 0.5) is 0 Å². The summed E-state index contributed by atoms with van der Waals surface area (Å²) < 4.78 is 5.21. The molecular formula is C26H32O7. The van der Waals surface area contributed by atoms with Gasteiger partial charge in [0.05, 0.1) is 12.7 Å². The monoisotopic (exact) mass is 456 g/mol. The number of rotatable bonds is 10. The zero-order valence-electron chi connectivity index (χ0n) is 19.4. The van der Waals surface area contributed by atoms with Crippen LogP contribution >= 0.6 is 0 Å². The zero-order valence-corrected chi connectivity index (χ0v) is 19.4. The second-order valence-corrected chi connectivity index (χ2v) is 8.84. The van der Waals surface area contributed by atoms with Crippen molar-refractivity contribution in [1.29, 1.82) is 0 Å². The van der Waals surface area contributed by atoms with Crippen molar-refractivity contribution in [2.45, 2.75) is 45.6 Å². The first-order valence-corrected chi connectivity index (χ1v) is 10.6. The van der Waals surface area contributed by atoms with Gasteiger partial charge < -0.3 is 30.3 Å². The van der Waals surface area contributed by atoms with Crippen molar-refractivity contribution in [1.82, 2.24) is 0 Å². The van der Waals surface area contributed by atoms with E-state index < -0.39 is 17.1 Å². The van der Waals surface area contributed by atoms with Gasteiger partial charge in [-0.3, -0.25) is 4.79 Å². The van der Waals surface area contributed by atoms with Crippen LogP contribution in [-0.2, 0) is 6.42 Å². The average molecular weight is 457 g/mol. The number of carbonyl (C=O) groups is 1. The summed E-state index contributed by atoms with van der Waals surface area (Å²) >= 11 is 0. The van der Waals surface area contributed by atoms with E-state index in [2.05, 4.69) is 6.58 Å². The molecule has 0 saturated heterocycles. The van der Waals surface area contributed by atoms with E-state index in [0.29, 0.717) is 18.4 Å². The molecule has 2 aromatic carbocycles. The lowest BCUT2D eigenvalue weighted by molar-refractivity contribution is 0.0650. The first-order chi connectivity index (χ1) is 15.3. The van der Waals surface area contributed by atoms with Gasteiger partial charge in [0.25, 0.3) is 0 Å². The van der Waals surface area contributed by atoms with E-state index in [0.717, 1.165) is 17.7 Å². The smallest absolute Gasteiger partial charge is 0.193 e. The van der Waals surface area contributed by atoms with E-state index >= 15 is 0 Å². The zero-order chi connectivity index (χ0) is 24.9. The molecule has 7 nitrogen and oxygen atoms in total. The normalized spacial score (nSPS) is 12.6. The molecule has 5 N–H and O–H groups in total. The summed E-state index contributed by atoms with van der Waals surface area (Å²) in [5.41, 5.74) is 0.312. The SMILES string of the molecule is C=C(C)[C@H](CCC(C)(C)O)Cc1c(O)cc(OC)c(C(=O)/C=C/c2ccc(O)cc2O)c1O. The second kappa shape index (κ2) is 10.4. The summed E-state index contributed by atoms with van der Waals surface area (Å²) in [4.78, 5) is 12.9. The average Bonchev–Trinajstić information content (AvgIpc) is 2.70. The topological polar surface area (TPSA) is 127 Å². The van der Waals surface area contributed by atoms with Crippen LogP contribution in [0.1, 0.15) is 55.1 Å². The number of benzene rings is 2. The molecule has 0 fully saturated rings. The van der Waals surface area contributed by atoms with E-state index in [4.69, 9.17) is 4.74 Å². The third kappa shape index (κ3) is 6.76. The largest absolute Gasteiger partial charge is 0.508 e. The summed E-state index contributed by atoms with van der Waals surface area (Å²) in [6, 6.07) is 5.23. The molecule has 2 aromatic rings. The van der Waals surface area contributed by atoms with E-state index in [1.54, 1.807) is 13.8 Å². The highest BCUT2D eigenvalue weighted by molar-refractivity contribution is 6.11. The predicted molar refractivity (Wildman–Crippen MR) is 127 cm³/mol. The molecule has 0 amide bonds. The Morgan fingerprint density at radius 3 is 2.36 bits per heavy atom. The van der Waals surface area contributed by atoms with E-state index in [9.17, 15) is 30.3 Å². The number of aromatic hydroxyl groups is 4. The Bertz CT molecular complexity index is 1060. The van der Waals surface area contributed by atoms with Gasteiger partial charge in [0.2, 0.25) is 0 Å². The molecule has 7 heteroatoms. The first-order valence-electron chi connectivity index (χ1n) is 10.6. The number of ether oxygens (including phenoxy) is 1. The lowest BCUT2D eigenvalue weighted by atomic mass is 9.85.